The highest BCUT2D eigenvalue weighted by molar-refractivity contribution is 5.80. The number of amides is 1. The molecule has 9 unspecified atom stereocenters. The quantitative estimate of drug-likeness (QED) is 0.0215. The van der Waals surface area contributed by atoms with Crippen LogP contribution in [0.1, 0.15) is 296 Å². The molecule has 422 valence electrons. The maximum absolute atomic E-state index is 13.1. The maximum atomic E-state index is 13.1. The van der Waals surface area contributed by atoms with E-state index in [1.165, 1.54) is 218 Å². The van der Waals surface area contributed by atoms with Gasteiger partial charge in [0.05, 0.1) is 25.4 Å². The molecule has 1 aliphatic heterocycles. The molecule has 1 amide bonds. The minimum Gasteiger partial charge on any atom is -0.394 e. The number of nitrogens with one attached hydrogen (secondary N) is 1. The number of aliphatic hydroxyl groups excluding tert-OH is 7. The topological polar surface area (TPSA) is 189 Å². The number of unbranched alkanes of at least 4 members (excludes halogenated alkanes) is 39. The van der Waals surface area contributed by atoms with Gasteiger partial charge in [-0.15, -0.1) is 0 Å². The highest BCUT2D eigenvalue weighted by Gasteiger charge is 2.44. The summed E-state index contributed by atoms with van der Waals surface area (Å²) >= 11 is 0. The first-order valence-corrected chi connectivity index (χ1v) is 30.6. The molecule has 71 heavy (non-hydrogen) atoms. The number of allylic oxidation sites excluding steroid dienone is 2. The van der Waals surface area contributed by atoms with E-state index in [4.69, 9.17) is 9.47 Å². The van der Waals surface area contributed by atoms with Crippen LogP contribution in [-0.4, -0.2) is 110 Å². The number of aliphatic hydroxyl groups is 7. The fraction of sp³-hybridized carbons (Fsp3) is 0.950. The maximum Gasteiger partial charge on any atom is 0.249 e. The van der Waals surface area contributed by atoms with Crippen LogP contribution in [0.5, 0.6) is 0 Å². The lowest BCUT2D eigenvalue weighted by Crippen LogP contribution is -2.60. The van der Waals surface area contributed by atoms with Crippen LogP contribution < -0.4 is 5.32 Å². The van der Waals surface area contributed by atoms with E-state index in [2.05, 4.69) is 31.3 Å². The summed E-state index contributed by atoms with van der Waals surface area (Å²) in [6.45, 7) is 3.46. The molecule has 0 aromatic heterocycles. The molecule has 11 nitrogen and oxygen atoms in total. The van der Waals surface area contributed by atoms with E-state index in [-0.39, 0.29) is 6.42 Å². The highest BCUT2D eigenvalue weighted by Crippen LogP contribution is 2.24. The lowest BCUT2D eigenvalue weighted by atomic mass is 9.98. The van der Waals surface area contributed by atoms with Crippen molar-refractivity contribution in [2.24, 2.45) is 0 Å². The molecule has 1 saturated heterocycles. The number of carbonyl (C=O) groups is 1. The van der Waals surface area contributed by atoms with Crippen molar-refractivity contribution in [3.8, 4) is 0 Å². The van der Waals surface area contributed by atoms with Gasteiger partial charge in [0, 0.05) is 0 Å². The van der Waals surface area contributed by atoms with Crippen LogP contribution in [0.4, 0.5) is 0 Å². The van der Waals surface area contributed by atoms with Gasteiger partial charge in [-0.2, -0.15) is 0 Å². The van der Waals surface area contributed by atoms with Crippen LogP contribution >= 0.6 is 0 Å². The monoisotopic (exact) mass is 1010 g/mol. The van der Waals surface area contributed by atoms with Crippen molar-refractivity contribution >= 4 is 5.91 Å². The Bertz CT molecular complexity index is 1160. The summed E-state index contributed by atoms with van der Waals surface area (Å²) in [6, 6.07) is -1.16. The van der Waals surface area contributed by atoms with E-state index in [0.29, 0.717) is 19.3 Å². The van der Waals surface area contributed by atoms with Crippen molar-refractivity contribution < 1.29 is 50.0 Å². The van der Waals surface area contributed by atoms with Gasteiger partial charge in [0.1, 0.15) is 36.6 Å². The molecule has 0 saturated carbocycles. The molecule has 0 spiro atoms. The zero-order valence-electron chi connectivity index (χ0n) is 46.2. The summed E-state index contributed by atoms with van der Waals surface area (Å²) in [4.78, 5) is 13.1. The van der Waals surface area contributed by atoms with Gasteiger partial charge in [-0.3, -0.25) is 4.79 Å². The van der Waals surface area contributed by atoms with Gasteiger partial charge < -0.3 is 50.5 Å². The third kappa shape index (κ3) is 38.1. The Morgan fingerprint density at radius 1 is 0.479 bits per heavy atom. The van der Waals surface area contributed by atoms with Crippen LogP contribution in [-0.2, 0) is 14.3 Å². The van der Waals surface area contributed by atoms with Crippen LogP contribution in [0.2, 0.25) is 0 Å². The number of rotatable bonds is 53. The Labute approximate surface area is 436 Å². The third-order valence-corrected chi connectivity index (χ3v) is 15.1. The zero-order valence-corrected chi connectivity index (χ0v) is 46.2. The van der Waals surface area contributed by atoms with Gasteiger partial charge >= 0.3 is 0 Å². The van der Waals surface area contributed by atoms with Crippen molar-refractivity contribution in [3.63, 3.8) is 0 Å². The molecule has 0 aliphatic carbocycles. The summed E-state index contributed by atoms with van der Waals surface area (Å²) in [5.41, 5.74) is 0. The summed E-state index contributed by atoms with van der Waals surface area (Å²) in [5.74, 6) is -0.693. The van der Waals surface area contributed by atoms with Gasteiger partial charge in [-0.25, -0.2) is 0 Å². The largest absolute Gasteiger partial charge is 0.394 e. The van der Waals surface area contributed by atoms with E-state index < -0.39 is 74.2 Å². The Hall–Kier alpha value is -1.15. The first kappa shape index (κ1) is 67.9. The molecule has 0 radical (unpaired) electrons. The standard InChI is InChI=1S/C60H117NO10/c1-3-5-7-9-11-13-15-16-17-18-19-20-21-22-23-24-25-26-27-28-29-30-31-32-33-34-35-36-37-38-40-42-44-46-48-53(64)59(69)61-51(50-70-60-58(68)57(67)56(66)54(49-62)71-60)55(65)52(63)47-45-43-41-39-14-12-10-8-6-4-2/h24-25,51-58,60,62-68H,3-23,26-50H2,1-2H3,(H,61,69)/b25-24-. The average molecular weight is 1010 g/mol. The van der Waals surface area contributed by atoms with Crippen molar-refractivity contribution in [1.82, 2.24) is 5.32 Å². The molecule has 8 N–H and O–H groups in total. The van der Waals surface area contributed by atoms with Crippen LogP contribution in [0, 0.1) is 0 Å². The van der Waals surface area contributed by atoms with Crippen molar-refractivity contribution in [3.05, 3.63) is 12.2 Å². The molecule has 1 rings (SSSR count). The fourth-order valence-corrected chi connectivity index (χ4v) is 10.1. The third-order valence-electron chi connectivity index (χ3n) is 15.1. The average Bonchev–Trinajstić information content (AvgIpc) is 3.37. The predicted octanol–water partition coefficient (Wildman–Crippen LogP) is 13.1. The molecule has 1 fully saturated rings. The number of ether oxygens (including phenoxy) is 2. The van der Waals surface area contributed by atoms with Gasteiger partial charge in [0.25, 0.3) is 0 Å². The number of carbonyl (C=O) groups excluding carboxylic acids is 1. The summed E-state index contributed by atoms with van der Waals surface area (Å²) in [5, 5.41) is 75.9. The smallest absolute Gasteiger partial charge is 0.249 e. The summed E-state index contributed by atoms with van der Waals surface area (Å²) in [6.07, 6.45) is 47.4. The van der Waals surface area contributed by atoms with Gasteiger partial charge in [-0.05, 0) is 38.5 Å². The van der Waals surface area contributed by atoms with Crippen molar-refractivity contribution in [2.45, 2.75) is 351 Å². The zero-order chi connectivity index (χ0) is 51.8. The van der Waals surface area contributed by atoms with E-state index in [1.54, 1.807) is 0 Å². The van der Waals surface area contributed by atoms with E-state index in [1.807, 2.05) is 0 Å². The van der Waals surface area contributed by atoms with Crippen LogP contribution in [0.3, 0.4) is 0 Å². The van der Waals surface area contributed by atoms with Gasteiger partial charge in [0.15, 0.2) is 6.29 Å². The van der Waals surface area contributed by atoms with E-state index in [0.717, 1.165) is 38.5 Å². The molecule has 9 atom stereocenters. The summed E-state index contributed by atoms with van der Waals surface area (Å²) in [7, 11) is 0. The SMILES string of the molecule is CCCCCCCCCCCCCCCC/C=C\CCCCCCCCCCCCCCCCCCC(O)C(=O)NC(COC1OC(CO)C(O)C(O)C1O)C(O)C(O)CCCCCCCCCCCC. The second-order valence-electron chi connectivity index (χ2n) is 21.8. The lowest BCUT2D eigenvalue weighted by Gasteiger charge is -2.40. The van der Waals surface area contributed by atoms with E-state index >= 15 is 0 Å². The molecular weight excluding hydrogens is 895 g/mol. The molecule has 1 heterocycles. The molecule has 0 aromatic carbocycles. The summed E-state index contributed by atoms with van der Waals surface area (Å²) < 4.78 is 11.1. The molecule has 11 heteroatoms. The molecule has 0 bridgehead atoms. The molecular formula is C60H117NO10. The normalized spacial score (nSPS) is 20.2. The predicted molar refractivity (Wildman–Crippen MR) is 293 cm³/mol. The number of hydrogen-bond donors (Lipinski definition) is 8. The van der Waals surface area contributed by atoms with E-state index in [9.17, 15) is 40.5 Å². The second-order valence-corrected chi connectivity index (χ2v) is 21.8. The van der Waals surface area contributed by atoms with Crippen molar-refractivity contribution in [1.29, 1.82) is 0 Å². The van der Waals surface area contributed by atoms with Gasteiger partial charge in [-0.1, -0.05) is 270 Å². The van der Waals surface area contributed by atoms with Crippen LogP contribution in [0.15, 0.2) is 12.2 Å². The molecule has 0 aromatic rings. The minimum absolute atomic E-state index is 0.264. The first-order chi connectivity index (χ1) is 34.7. The van der Waals surface area contributed by atoms with Crippen LogP contribution in [0.25, 0.3) is 0 Å². The minimum atomic E-state index is -1.66. The Morgan fingerprint density at radius 3 is 1.18 bits per heavy atom. The number of hydrogen-bond acceptors (Lipinski definition) is 10. The lowest BCUT2D eigenvalue weighted by molar-refractivity contribution is -0.303. The highest BCUT2D eigenvalue weighted by atomic mass is 16.7. The Morgan fingerprint density at radius 2 is 0.817 bits per heavy atom. The van der Waals surface area contributed by atoms with Gasteiger partial charge in [0.2, 0.25) is 5.91 Å². The fourth-order valence-electron chi connectivity index (χ4n) is 10.1. The van der Waals surface area contributed by atoms with Crippen molar-refractivity contribution in [2.75, 3.05) is 13.2 Å². The Balaban J connectivity index is 2.12. The Kier molecular flexibility index (Phi) is 47.5. The first-order valence-electron chi connectivity index (χ1n) is 30.6. The second kappa shape index (κ2) is 49.7. The molecule has 1 aliphatic rings.